The quantitative estimate of drug-likeness (QED) is 0.817. The van der Waals surface area contributed by atoms with Gasteiger partial charge in [0.2, 0.25) is 0 Å². The van der Waals surface area contributed by atoms with Crippen molar-refractivity contribution in [3.63, 3.8) is 0 Å². The maximum Gasteiger partial charge on any atom is 0.290 e. The Hall–Kier alpha value is -2.25. The summed E-state index contributed by atoms with van der Waals surface area (Å²) >= 11 is 0. The molecule has 1 unspecified atom stereocenters. The highest BCUT2D eigenvalue weighted by Gasteiger charge is 2.23. The highest BCUT2D eigenvalue weighted by Crippen LogP contribution is 2.22. The monoisotopic (exact) mass is 358 g/mol. The highest BCUT2D eigenvalue weighted by molar-refractivity contribution is 5.57. The Morgan fingerprint density at radius 1 is 1.19 bits per heavy atom. The number of rotatable bonds is 5. The fourth-order valence-electron chi connectivity index (χ4n) is 3.07. The molecule has 3 rings (SSSR count). The van der Waals surface area contributed by atoms with E-state index in [1.165, 1.54) is 0 Å². The predicted molar refractivity (Wildman–Crippen MR) is 99.5 cm³/mol. The lowest BCUT2D eigenvalue weighted by Crippen LogP contribution is -2.44. The van der Waals surface area contributed by atoms with Crippen molar-refractivity contribution in [3.05, 3.63) is 40.3 Å². The molecule has 0 saturated carbocycles. The van der Waals surface area contributed by atoms with E-state index in [1.807, 2.05) is 45.0 Å². The minimum absolute atomic E-state index is 0.0120. The van der Waals surface area contributed by atoms with Gasteiger partial charge in [0, 0.05) is 24.6 Å². The third-order valence-electron chi connectivity index (χ3n) is 4.66. The zero-order valence-corrected chi connectivity index (χ0v) is 15.8. The van der Waals surface area contributed by atoms with Crippen molar-refractivity contribution in [2.45, 2.75) is 32.9 Å². The van der Waals surface area contributed by atoms with E-state index in [0.29, 0.717) is 24.7 Å². The third-order valence-corrected chi connectivity index (χ3v) is 4.66. The Balaban J connectivity index is 2.08. The number of hydrogen-bond acceptors (Lipinski definition) is 6. The van der Waals surface area contributed by atoms with Crippen LogP contribution in [0.25, 0.3) is 11.4 Å². The van der Waals surface area contributed by atoms with Crippen LogP contribution < -0.4 is 10.3 Å². The SMILES string of the molecule is COc1cccc(-c2nc(C(C)C)c(=O)n(C(C)N3CCOCC3)n2)c1. The van der Waals surface area contributed by atoms with Gasteiger partial charge in [-0.2, -0.15) is 0 Å². The molecular formula is C19H26N4O3. The second kappa shape index (κ2) is 7.97. The number of ether oxygens (including phenoxy) is 2. The summed E-state index contributed by atoms with van der Waals surface area (Å²) in [6.07, 6.45) is -0.156. The van der Waals surface area contributed by atoms with E-state index in [4.69, 9.17) is 9.47 Å². The standard InChI is InChI=1S/C19H26N4O3/c1-13(2)17-19(24)23(14(3)22-8-10-26-11-9-22)21-18(20-17)15-6-5-7-16(12-15)25-4/h5-7,12-14H,8-11H2,1-4H3. The molecule has 1 atom stereocenters. The normalized spacial score (nSPS) is 16.7. The lowest BCUT2D eigenvalue weighted by Gasteiger charge is -2.32. The first-order chi connectivity index (χ1) is 12.5. The number of benzene rings is 1. The second-order valence-electron chi connectivity index (χ2n) is 6.74. The van der Waals surface area contributed by atoms with E-state index >= 15 is 0 Å². The molecule has 1 aliphatic rings. The van der Waals surface area contributed by atoms with Crippen LogP contribution >= 0.6 is 0 Å². The molecule has 7 nitrogen and oxygen atoms in total. The van der Waals surface area contributed by atoms with Crippen LogP contribution in [0.2, 0.25) is 0 Å². The third kappa shape index (κ3) is 3.78. The van der Waals surface area contributed by atoms with Crippen molar-refractivity contribution in [2.24, 2.45) is 0 Å². The van der Waals surface area contributed by atoms with Crippen LogP contribution in [-0.2, 0) is 4.74 Å². The van der Waals surface area contributed by atoms with Crippen molar-refractivity contribution >= 4 is 0 Å². The number of nitrogens with zero attached hydrogens (tertiary/aromatic N) is 4. The minimum atomic E-state index is -0.156. The first kappa shape index (κ1) is 18.5. The highest BCUT2D eigenvalue weighted by atomic mass is 16.5. The molecule has 2 heterocycles. The van der Waals surface area contributed by atoms with Crippen LogP contribution in [0.3, 0.4) is 0 Å². The lowest BCUT2D eigenvalue weighted by atomic mass is 10.1. The second-order valence-corrected chi connectivity index (χ2v) is 6.74. The van der Waals surface area contributed by atoms with E-state index in [-0.39, 0.29) is 17.6 Å². The van der Waals surface area contributed by atoms with Crippen LogP contribution in [0.4, 0.5) is 0 Å². The summed E-state index contributed by atoms with van der Waals surface area (Å²) < 4.78 is 12.3. The van der Waals surface area contributed by atoms with Crippen LogP contribution in [0.1, 0.15) is 38.5 Å². The first-order valence-electron chi connectivity index (χ1n) is 8.98. The van der Waals surface area contributed by atoms with Crippen LogP contribution in [0.5, 0.6) is 5.75 Å². The summed E-state index contributed by atoms with van der Waals surface area (Å²) in [7, 11) is 1.63. The molecule has 1 aromatic heterocycles. The van der Waals surface area contributed by atoms with Crippen LogP contribution in [-0.4, -0.2) is 53.1 Å². The zero-order chi connectivity index (χ0) is 18.7. The summed E-state index contributed by atoms with van der Waals surface area (Å²) in [4.78, 5) is 19.7. The topological polar surface area (TPSA) is 69.5 Å². The number of hydrogen-bond donors (Lipinski definition) is 0. The van der Waals surface area contributed by atoms with Crippen LogP contribution in [0.15, 0.2) is 29.1 Å². The molecule has 0 aliphatic carbocycles. The van der Waals surface area contributed by atoms with Gasteiger partial charge >= 0.3 is 0 Å². The maximum absolute atomic E-state index is 13.0. The van der Waals surface area contributed by atoms with Gasteiger partial charge in [0.1, 0.15) is 17.6 Å². The smallest absolute Gasteiger partial charge is 0.290 e. The van der Waals surface area contributed by atoms with Gasteiger partial charge in [-0.25, -0.2) is 9.67 Å². The molecule has 2 aromatic rings. The van der Waals surface area contributed by atoms with E-state index in [9.17, 15) is 4.79 Å². The molecule has 140 valence electrons. The molecule has 0 spiro atoms. The van der Waals surface area contributed by atoms with Crippen molar-refractivity contribution in [3.8, 4) is 17.1 Å². The Kier molecular flexibility index (Phi) is 5.68. The van der Waals surface area contributed by atoms with E-state index in [0.717, 1.165) is 24.4 Å². The van der Waals surface area contributed by atoms with Gasteiger partial charge in [-0.15, -0.1) is 5.10 Å². The van der Waals surface area contributed by atoms with Gasteiger partial charge in [0.05, 0.1) is 20.3 Å². The molecular weight excluding hydrogens is 332 g/mol. The van der Waals surface area contributed by atoms with E-state index in [2.05, 4.69) is 15.0 Å². The van der Waals surface area contributed by atoms with Gasteiger partial charge in [-0.05, 0) is 19.1 Å². The Bertz CT molecular complexity index is 813. The molecule has 7 heteroatoms. The fourth-order valence-corrected chi connectivity index (χ4v) is 3.07. The molecule has 1 saturated heterocycles. The van der Waals surface area contributed by atoms with Gasteiger partial charge in [0.15, 0.2) is 5.82 Å². The Morgan fingerprint density at radius 2 is 1.92 bits per heavy atom. The summed E-state index contributed by atoms with van der Waals surface area (Å²) in [5.41, 5.74) is 1.22. The largest absolute Gasteiger partial charge is 0.497 e. The molecule has 1 aliphatic heterocycles. The Morgan fingerprint density at radius 3 is 2.58 bits per heavy atom. The summed E-state index contributed by atoms with van der Waals surface area (Å²) in [6.45, 7) is 8.85. The first-order valence-corrected chi connectivity index (χ1v) is 8.98. The maximum atomic E-state index is 13.0. The van der Waals surface area contributed by atoms with Gasteiger partial charge in [-0.3, -0.25) is 9.69 Å². The van der Waals surface area contributed by atoms with E-state index in [1.54, 1.807) is 11.8 Å². The Labute approximate surface area is 153 Å². The minimum Gasteiger partial charge on any atom is -0.497 e. The summed E-state index contributed by atoms with van der Waals surface area (Å²) in [6, 6.07) is 7.58. The van der Waals surface area contributed by atoms with Gasteiger partial charge in [0.25, 0.3) is 5.56 Å². The molecule has 1 aromatic carbocycles. The lowest BCUT2D eigenvalue weighted by molar-refractivity contribution is -0.000994. The van der Waals surface area contributed by atoms with Gasteiger partial charge in [-0.1, -0.05) is 26.0 Å². The van der Waals surface area contributed by atoms with Crippen molar-refractivity contribution in [1.29, 1.82) is 0 Å². The number of aromatic nitrogens is 3. The zero-order valence-electron chi connectivity index (χ0n) is 15.8. The predicted octanol–water partition coefficient (Wildman–Crippen LogP) is 2.29. The average Bonchev–Trinajstić information content (AvgIpc) is 2.68. The number of methoxy groups -OCH3 is 1. The number of morpholine rings is 1. The average molecular weight is 358 g/mol. The summed E-state index contributed by atoms with van der Waals surface area (Å²) in [5.74, 6) is 1.28. The summed E-state index contributed by atoms with van der Waals surface area (Å²) in [5, 5.41) is 4.59. The molecule has 0 N–H and O–H groups in total. The van der Waals surface area contributed by atoms with Gasteiger partial charge < -0.3 is 9.47 Å². The molecule has 26 heavy (non-hydrogen) atoms. The van der Waals surface area contributed by atoms with Crippen LogP contribution in [0, 0.1) is 0 Å². The molecule has 0 radical (unpaired) electrons. The fraction of sp³-hybridized carbons (Fsp3) is 0.526. The molecule has 0 amide bonds. The van der Waals surface area contributed by atoms with E-state index < -0.39 is 0 Å². The molecule has 1 fully saturated rings. The van der Waals surface area contributed by atoms with Crippen molar-refractivity contribution in [1.82, 2.24) is 19.7 Å². The molecule has 0 bridgehead atoms. The van der Waals surface area contributed by atoms with Crippen molar-refractivity contribution in [2.75, 3.05) is 33.4 Å². The van der Waals surface area contributed by atoms with Crippen molar-refractivity contribution < 1.29 is 9.47 Å².